The second-order valence-electron chi connectivity index (χ2n) is 6.12. The predicted octanol–water partition coefficient (Wildman–Crippen LogP) is 2.94. The smallest absolute Gasteiger partial charge is 0.0221 e. The SMILES string of the molecule is CC(C)CNCC1CCCN1CCc1ccccc1. The highest BCUT2D eigenvalue weighted by atomic mass is 15.2. The van der Waals surface area contributed by atoms with Crippen LogP contribution in [0.2, 0.25) is 0 Å². The fraction of sp³-hybridized carbons (Fsp3) is 0.647. The van der Waals surface area contributed by atoms with E-state index in [4.69, 9.17) is 0 Å². The summed E-state index contributed by atoms with van der Waals surface area (Å²) in [6.45, 7) is 9.33. The monoisotopic (exact) mass is 260 g/mol. The third-order valence-corrected chi connectivity index (χ3v) is 3.96. The molecule has 1 heterocycles. The lowest BCUT2D eigenvalue weighted by Crippen LogP contribution is -2.39. The molecule has 1 atom stereocenters. The van der Waals surface area contributed by atoms with E-state index in [2.05, 4.69) is 54.4 Å². The van der Waals surface area contributed by atoms with E-state index in [9.17, 15) is 0 Å². The molecule has 0 bridgehead atoms. The molecule has 19 heavy (non-hydrogen) atoms. The van der Waals surface area contributed by atoms with Gasteiger partial charge in [-0.2, -0.15) is 0 Å². The van der Waals surface area contributed by atoms with Crippen LogP contribution in [0.25, 0.3) is 0 Å². The van der Waals surface area contributed by atoms with Gasteiger partial charge in [0.15, 0.2) is 0 Å². The minimum Gasteiger partial charge on any atom is -0.315 e. The first kappa shape index (κ1) is 14.5. The van der Waals surface area contributed by atoms with Crippen molar-refractivity contribution in [3.63, 3.8) is 0 Å². The van der Waals surface area contributed by atoms with E-state index in [-0.39, 0.29) is 0 Å². The van der Waals surface area contributed by atoms with Crippen molar-refractivity contribution in [1.29, 1.82) is 0 Å². The van der Waals surface area contributed by atoms with Gasteiger partial charge < -0.3 is 5.32 Å². The van der Waals surface area contributed by atoms with Gasteiger partial charge in [0, 0.05) is 19.1 Å². The minimum absolute atomic E-state index is 0.749. The van der Waals surface area contributed by atoms with E-state index in [0.717, 1.165) is 25.0 Å². The normalized spacial score (nSPS) is 20.3. The molecule has 1 aromatic carbocycles. The molecule has 2 heteroatoms. The molecule has 1 unspecified atom stereocenters. The van der Waals surface area contributed by atoms with Crippen LogP contribution in [0.4, 0.5) is 0 Å². The van der Waals surface area contributed by atoms with Crippen LogP contribution in [0.3, 0.4) is 0 Å². The molecule has 1 saturated heterocycles. The minimum atomic E-state index is 0.749. The van der Waals surface area contributed by atoms with Gasteiger partial charge in [-0.15, -0.1) is 0 Å². The topological polar surface area (TPSA) is 15.3 Å². The summed E-state index contributed by atoms with van der Waals surface area (Å²) in [6.07, 6.45) is 3.91. The second kappa shape index (κ2) is 7.66. The summed E-state index contributed by atoms with van der Waals surface area (Å²) in [5.74, 6) is 0.749. The van der Waals surface area contributed by atoms with Gasteiger partial charge >= 0.3 is 0 Å². The zero-order valence-corrected chi connectivity index (χ0v) is 12.4. The fourth-order valence-electron chi connectivity index (χ4n) is 2.88. The summed E-state index contributed by atoms with van der Waals surface area (Å²) in [7, 11) is 0. The summed E-state index contributed by atoms with van der Waals surface area (Å²) in [6, 6.07) is 11.6. The van der Waals surface area contributed by atoms with Crippen LogP contribution >= 0.6 is 0 Å². The summed E-state index contributed by atoms with van der Waals surface area (Å²) in [5, 5.41) is 3.61. The number of rotatable bonds is 7. The molecule has 0 amide bonds. The van der Waals surface area contributed by atoms with Crippen molar-refractivity contribution in [2.45, 2.75) is 39.2 Å². The first-order valence-corrected chi connectivity index (χ1v) is 7.74. The molecule has 2 nitrogen and oxygen atoms in total. The molecular formula is C17H28N2. The first-order valence-electron chi connectivity index (χ1n) is 7.74. The zero-order chi connectivity index (χ0) is 13.5. The van der Waals surface area contributed by atoms with Crippen LogP contribution in [-0.2, 0) is 6.42 Å². The van der Waals surface area contributed by atoms with Crippen LogP contribution in [0.5, 0.6) is 0 Å². The molecule has 106 valence electrons. The molecule has 1 aliphatic rings. The molecule has 1 aliphatic heterocycles. The predicted molar refractivity (Wildman–Crippen MR) is 82.4 cm³/mol. The van der Waals surface area contributed by atoms with Crippen LogP contribution in [0.15, 0.2) is 30.3 Å². The van der Waals surface area contributed by atoms with Crippen LogP contribution in [0.1, 0.15) is 32.3 Å². The Balaban J connectivity index is 1.72. The van der Waals surface area contributed by atoms with E-state index < -0.39 is 0 Å². The molecule has 0 aliphatic carbocycles. The number of hydrogen-bond acceptors (Lipinski definition) is 2. The average molecular weight is 260 g/mol. The number of nitrogens with one attached hydrogen (secondary N) is 1. The largest absolute Gasteiger partial charge is 0.315 e. The number of nitrogens with zero attached hydrogens (tertiary/aromatic N) is 1. The van der Waals surface area contributed by atoms with Crippen molar-refractivity contribution in [1.82, 2.24) is 10.2 Å². The molecule has 0 saturated carbocycles. The van der Waals surface area contributed by atoms with Gasteiger partial charge in [-0.3, -0.25) is 4.90 Å². The van der Waals surface area contributed by atoms with Crippen molar-refractivity contribution < 1.29 is 0 Å². The van der Waals surface area contributed by atoms with E-state index in [1.54, 1.807) is 0 Å². The van der Waals surface area contributed by atoms with Crippen LogP contribution in [0, 0.1) is 5.92 Å². The molecule has 0 radical (unpaired) electrons. The molecule has 0 spiro atoms. The summed E-state index contributed by atoms with van der Waals surface area (Å²) in [5.41, 5.74) is 1.46. The Bertz CT molecular complexity index is 348. The molecule has 1 fully saturated rings. The quantitative estimate of drug-likeness (QED) is 0.811. The molecular weight excluding hydrogens is 232 g/mol. The van der Waals surface area contributed by atoms with Crippen LogP contribution < -0.4 is 5.32 Å². The Kier molecular flexibility index (Phi) is 5.87. The highest BCUT2D eigenvalue weighted by Crippen LogP contribution is 2.17. The Hall–Kier alpha value is -0.860. The molecule has 1 N–H and O–H groups in total. The second-order valence-corrected chi connectivity index (χ2v) is 6.12. The standard InChI is InChI=1S/C17H28N2/c1-15(2)13-18-14-17-9-6-11-19(17)12-10-16-7-4-3-5-8-16/h3-5,7-8,15,17-18H,6,9-14H2,1-2H3. The average Bonchev–Trinajstić information content (AvgIpc) is 2.85. The lowest BCUT2D eigenvalue weighted by molar-refractivity contribution is 0.248. The van der Waals surface area contributed by atoms with Gasteiger partial charge in [0.2, 0.25) is 0 Å². The van der Waals surface area contributed by atoms with E-state index in [1.807, 2.05) is 0 Å². The van der Waals surface area contributed by atoms with Gasteiger partial charge in [-0.25, -0.2) is 0 Å². The lowest BCUT2D eigenvalue weighted by atomic mass is 10.1. The number of hydrogen-bond donors (Lipinski definition) is 1. The number of benzene rings is 1. The van der Waals surface area contributed by atoms with Crippen molar-refractivity contribution in [3.05, 3.63) is 35.9 Å². The maximum absolute atomic E-state index is 3.61. The van der Waals surface area contributed by atoms with Gasteiger partial charge in [0.1, 0.15) is 0 Å². The van der Waals surface area contributed by atoms with Crippen molar-refractivity contribution in [2.24, 2.45) is 5.92 Å². The maximum atomic E-state index is 3.61. The van der Waals surface area contributed by atoms with E-state index >= 15 is 0 Å². The zero-order valence-electron chi connectivity index (χ0n) is 12.4. The highest BCUT2D eigenvalue weighted by molar-refractivity contribution is 5.15. The van der Waals surface area contributed by atoms with E-state index in [1.165, 1.54) is 37.9 Å². The first-order chi connectivity index (χ1) is 9.25. The van der Waals surface area contributed by atoms with Gasteiger partial charge in [-0.05, 0) is 43.8 Å². The maximum Gasteiger partial charge on any atom is 0.0221 e. The summed E-state index contributed by atoms with van der Waals surface area (Å²) in [4.78, 5) is 2.67. The lowest BCUT2D eigenvalue weighted by Gasteiger charge is -2.25. The third-order valence-electron chi connectivity index (χ3n) is 3.96. The molecule has 2 rings (SSSR count). The van der Waals surface area contributed by atoms with Gasteiger partial charge in [0.05, 0.1) is 0 Å². The Labute approximate surface area is 118 Å². The van der Waals surface area contributed by atoms with Crippen molar-refractivity contribution in [2.75, 3.05) is 26.2 Å². The van der Waals surface area contributed by atoms with Crippen molar-refractivity contribution >= 4 is 0 Å². The summed E-state index contributed by atoms with van der Waals surface area (Å²) >= 11 is 0. The van der Waals surface area contributed by atoms with Gasteiger partial charge in [0.25, 0.3) is 0 Å². The third kappa shape index (κ3) is 4.96. The molecule has 0 aromatic heterocycles. The highest BCUT2D eigenvalue weighted by Gasteiger charge is 2.23. The van der Waals surface area contributed by atoms with Gasteiger partial charge in [-0.1, -0.05) is 44.2 Å². The Morgan fingerprint density at radius 2 is 2.05 bits per heavy atom. The Morgan fingerprint density at radius 3 is 2.79 bits per heavy atom. The number of likely N-dealkylation sites (tertiary alicyclic amines) is 1. The fourth-order valence-corrected chi connectivity index (χ4v) is 2.88. The Morgan fingerprint density at radius 1 is 1.26 bits per heavy atom. The van der Waals surface area contributed by atoms with E-state index in [0.29, 0.717) is 0 Å². The molecule has 1 aromatic rings. The summed E-state index contributed by atoms with van der Waals surface area (Å²) < 4.78 is 0. The van der Waals surface area contributed by atoms with Crippen LogP contribution in [-0.4, -0.2) is 37.1 Å². The van der Waals surface area contributed by atoms with Crippen molar-refractivity contribution in [3.8, 4) is 0 Å².